The van der Waals surface area contributed by atoms with Gasteiger partial charge < -0.3 is 35.1 Å². The van der Waals surface area contributed by atoms with Gasteiger partial charge in [0, 0.05) is 119 Å². The smallest absolute Gasteiger partial charge is 0.242 e. The third-order valence-corrected chi connectivity index (χ3v) is 17.1. The molecule has 358 valence electrons. The fraction of sp³-hybridized carbons (Fsp3) is 0.510. The molecule has 0 radical (unpaired) electrons. The van der Waals surface area contributed by atoms with Crippen molar-refractivity contribution >= 4 is 62.1 Å². The highest BCUT2D eigenvalue weighted by Crippen LogP contribution is 2.50. The van der Waals surface area contributed by atoms with Crippen molar-refractivity contribution < 1.29 is 13.2 Å². The molecule has 2 saturated heterocycles. The van der Waals surface area contributed by atoms with Gasteiger partial charge in [0.15, 0.2) is 0 Å². The molecule has 0 spiro atoms. The Hall–Kier alpha value is -3.48. The first kappa shape index (κ1) is 50.4. The summed E-state index contributed by atoms with van der Waals surface area (Å²) in [5.41, 5.74) is 11.5. The molecule has 0 aliphatic carbocycles. The van der Waals surface area contributed by atoms with Gasteiger partial charge in [-0.1, -0.05) is 53.9 Å². The van der Waals surface area contributed by atoms with Gasteiger partial charge in [0.1, 0.15) is 5.78 Å². The van der Waals surface area contributed by atoms with Gasteiger partial charge in [-0.2, -0.15) is 0 Å². The molecule has 12 nitrogen and oxygen atoms in total. The minimum Gasteiger partial charge on any atom is -0.340 e. The highest BCUT2D eigenvalue weighted by molar-refractivity contribution is 8.00. The number of sulfonamides is 1. The van der Waals surface area contributed by atoms with Crippen molar-refractivity contribution in [1.82, 2.24) is 28.8 Å². The molecule has 0 aromatic heterocycles. The standard InChI is InChI=1S/C26H36N4OS.C25H37N5O2S2/c1-21-10-11-26-24(19-21)30(23-8-2-3-9-25(23)32-26)14-6-13-29-17-15-28(16-18-29)12-5-4-7-22(31)20-27;1-26(2)14-15-29-18-16-28(17-19-29)12-7-13-30-22-8-5-6-9-24(22)33-25-11-10-21(20-23(25)30)34(31,32)27(3)4/h2-3,8-11,19H,4-7,12-18,20,27H2,1H3;5-6,8-11,20H,7,12-19H2,1-4H3. The van der Waals surface area contributed by atoms with Gasteiger partial charge in [-0.25, -0.2) is 12.7 Å². The molecular formula is C51H73N9O3S3. The normalized spacial score (nSPS) is 17.0. The molecule has 8 rings (SSSR count). The van der Waals surface area contributed by atoms with Gasteiger partial charge in [0.25, 0.3) is 0 Å². The summed E-state index contributed by atoms with van der Waals surface area (Å²) in [7, 11) is 3.94. The lowest BCUT2D eigenvalue weighted by Crippen LogP contribution is -2.48. The number of anilines is 4. The minimum absolute atomic E-state index is 0.183. The third kappa shape index (κ3) is 13.4. The summed E-state index contributed by atoms with van der Waals surface area (Å²) in [6, 6.07) is 29.5. The van der Waals surface area contributed by atoms with E-state index in [1.807, 2.05) is 23.9 Å². The van der Waals surface area contributed by atoms with Crippen LogP contribution in [0.15, 0.2) is 109 Å². The van der Waals surface area contributed by atoms with Crippen LogP contribution >= 0.6 is 23.5 Å². The predicted octanol–water partition coefficient (Wildman–Crippen LogP) is 7.41. The number of fused-ring (bicyclic) bond motifs is 4. The number of carbonyl (C=O) groups excluding carboxylic acids is 1. The van der Waals surface area contributed by atoms with Gasteiger partial charge in [-0.3, -0.25) is 9.69 Å². The molecule has 0 amide bonds. The number of rotatable bonds is 19. The fourth-order valence-corrected chi connectivity index (χ4v) is 12.2. The first-order valence-electron chi connectivity index (χ1n) is 23.9. The Morgan fingerprint density at radius 2 is 1.02 bits per heavy atom. The largest absolute Gasteiger partial charge is 0.340 e. The second-order valence-electron chi connectivity index (χ2n) is 18.4. The molecule has 15 heteroatoms. The lowest BCUT2D eigenvalue weighted by Gasteiger charge is -2.36. The number of nitrogens with two attached hydrogens (primary N) is 1. The average molecular weight is 956 g/mol. The highest BCUT2D eigenvalue weighted by atomic mass is 32.2. The number of hydrogen-bond acceptors (Lipinski definition) is 13. The van der Waals surface area contributed by atoms with E-state index in [9.17, 15) is 13.2 Å². The van der Waals surface area contributed by atoms with Crippen LogP contribution in [-0.2, 0) is 14.8 Å². The number of para-hydroxylation sites is 2. The molecule has 66 heavy (non-hydrogen) atoms. The summed E-state index contributed by atoms with van der Waals surface area (Å²) in [4.78, 5) is 34.0. The summed E-state index contributed by atoms with van der Waals surface area (Å²) in [6.07, 6.45) is 4.88. The number of unbranched alkanes of at least 4 members (excludes halogenated alkanes) is 1. The zero-order valence-corrected chi connectivity index (χ0v) is 42.5. The van der Waals surface area contributed by atoms with Gasteiger partial charge >= 0.3 is 0 Å². The Morgan fingerprint density at radius 1 is 0.561 bits per heavy atom. The van der Waals surface area contributed by atoms with Crippen molar-refractivity contribution in [2.75, 3.05) is 143 Å². The van der Waals surface area contributed by atoms with Crippen LogP contribution in [0, 0.1) is 6.92 Å². The first-order chi connectivity index (χ1) is 31.9. The molecule has 0 bridgehead atoms. The van der Waals surface area contributed by atoms with E-state index in [1.54, 1.807) is 31.9 Å². The molecule has 4 aromatic rings. The van der Waals surface area contributed by atoms with E-state index in [-0.39, 0.29) is 12.3 Å². The number of Topliss-reactive ketones (excluding diaryl/α,β-unsaturated/α-hetero) is 1. The number of aryl methyl sites for hydroxylation is 1. The fourth-order valence-electron chi connectivity index (χ4n) is 9.08. The van der Waals surface area contributed by atoms with E-state index in [4.69, 9.17) is 5.73 Å². The summed E-state index contributed by atoms with van der Waals surface area (Å²) >= 11 is 3.60. The summed E-state index contributed by atoms with van der Waals surface area (Å²) < 4.78 is 26.9. The van der Waals surface area contributed by atoms with E-state index in [0.717, 1.165) is 140 Å². The van der Waals surface area contributed by atoms with Crippen molar-refractivity contribution in [2.24, 2.45) is 5.73 Å². The van der Waals surface area contributed by atoms with Crippen molar-refractivity contribution in [1.29, 1.82) is 0 Å². The second kappa shape index (κ2) is 24.2. The third-order valence-electron chi connectivity index (χ3n) is 13.1. The van der Waals surface area contributed by atoms with Gasteiger partial charge in [-0.05, 0) is 126 Å². The number of hydrogen-bond donors (Lipinski definition) is 1. The molecule has 4 aromatic carbocycles. The van der Waals surface area contributed by atoms with Crippen molar-refractivity contribution in [3.8, 4) is 0 Å². The topological polar surface area (TPSA) is 103 Å². The van der Waals surface area contributed by atoms with Crippen molar-refractivity contribution in [2.45, 2.75) is 63.5 Å². The molecule has 0 unspecified atom stereocenters. The molecule has 0 saturated carbocycles. The molecule has 2 N–H and O–H groups in total. The molecule has 4 heterocycles. The van der Waals surface area contributed by atoms with Crippen LogP contribution in [0.25, 0.3) is 0 Å². The van der Waals surface area contributed by atoms with Crippen LogP contribution in [0.2, 0.25) is 0 Å². The zero-order valence-electron chi connectivity index (χ0n) is 40.0. The SMILES string of the molecule is CN(C)CCN1CCN(CCCN2c3ccccc3Sc3ccc(S(=O)(=O)N(C)C)cc32)CC1.Cc1ccc2c(c1)N(CCCN1CCN(CCCCC(=O)CN)CC1)c1ccccc1S2. The number of nitrogens with zero attached hydrogens (tertiary/aromatic N) is 8. The maximum atomic E-state index is 12.8. The number of carbonyl (C=O) groups is 1. The maximum absolute atomic E-state index is 12.8. The predicted molar refractivity (Wildman–Crippen MR) is 275 cm³/mol. The molecular weight excluding hydrogens is 883 g/mol. The Kier molecular flexibility index (Phi) is 18.5. The lowest BCUT2D eigenvalue weighted by atomic mass is 10.1. The van der Waals surface area contributed by atoms with Crippen molar-refractivity contribution in [3.05, 3.63) is 90.5 Å². The first-order valence-corrected chi connectivity index (χ1v) is 27.0. The maximum Gasteiger partial charge on any atom is 0.242 e. The highest BCUT2D eigenvalue weighted by Gasteiger charge is 2.28. The van der Waals surface area contributed by atoms with Crippen LogP contribution in [0.3, 0.4) is 0 Å². The zero-order chi connectivity index (χ0) is 46.6. The minimum atomic E-state index is -3.48. The molecule has 2 fully saturated rings. The average Bonchev–Trinajstić information content (AvgIpc) is 3.32. The monoisotopic (exact) mass is 955 g/mol. The number of likely N-dealkylation sites (N-methyl/N-ethyl adjacent to an activating group) is 1. The second-order valence-corrected chi connectivity index (χ2v) is 22.7. The summed E-state index contributed by atoms with van der Waals surface area (Å²) in [6.45, 7) is 18.9. The van der Waals surface area contributed by atoms with E-state index in [0.29, 0.717) is 11.3 Å². The Labute approximate surface area is 404 Å². The quantitative estimate of drug-likeness (QED) is 0.0946. The summed E-state index contributed by atoms with van der Waals surface area (Å²) in [5.74, 6) is 0.183. The molecule has 4 aliphatic heterocycles. The van der Waals surface area contributed by atoms with E-state index in [2.05, 4.69) is 122 Å². The van der Waals surface area contributed by atoms with Crippen LogP contribution in [-0.4, -0.2) is 176 Å². The van der Waals surface area contributed by atoms with Gasteiger partial charge in [0.2, 0.25) is 10.0 Å². The Morgan fingerprint density at radius 3 is 1.52 bits per heavy atom. The van der Waals surface area contributed by atoms with E-state index in [1.165, 1.54) is 35.9 Å². The van der Waals surface area contributed by atoms with Crippen LogP contribution < -0.4 is 15.5 Å². The van der Waals surface area contributed by atoms with Gasteiger partial charge in [-0.15, -0.1) is 0 Å². The molecule has 0 atom stereocenters. The summed E-state index contributed by atoms with van der Waals surface area (Å²) in [5, 5.41) is 0. The van der Waals surface area contributed by atoms with E-state index >= 15 is 0 Å². The Bertz CT molecular complexity index is 2310. The van der Waals surface area contributed by atoms with Crippen molar-refractivity contribution in [3.63, 3.8) is 0 Å². The number of ketones is 1. The Balaban J connectivity index is 0.000000197. The van der Waals surface area contributed by atoms with Crippen LogP contribution in [0.5, 0.6) is 0 Å². The number of benzene rings is 4. The van der Waals surface area contributed by atoms with Crippen LogP contribution in [0.4, 0.5) is 22.7 Å². The van der Waals surface area contributed by atoms with E-state index < -0.39 is 10.0 Å². The molecule has 4 aliphatic rings. The van der Waals surface area contributed by atoms with Crippen LogP contribution in [0.1, 0.15) is 37.7 Å². The lowest BCUT2D eigenvalue weighted by molar-refractivity contribution is -0.117. The van der Waals surface area contributed by atoms with Gasteiger partial charge in [0.05, 0.1) is 34.2 Å². The number of piperazine rings is 2.